The summed E-state index contributed by atoms with van der Waals surface area (Å²) in [7, 11) is 1.71. The molecule has 0 spiro atoms. The first-order valence-corrected chi connectivity index (χ1v) is 5.95. The Balaban J connectivity index is 2.13. The van der Waals surface area contributed by atoms with E-state index in [1.54, 1.807) is 24.9 Å². The van der Waals surface area contributed by atoms with E-state index < -0.39 is 11.9 Å². The summed E-state index contributed by atoms with van der Waals surface area (Å²) >= 11 is 0. The van der Waals surface area contributed by atoms with Crippen LogP contribution in [0.5, 0.6) is 5.75 Å². The SMILES string of the molecule is C[C@H](N)c1ccc(OC2CCN(C)C2=O)c(F)c1. The third-order valence-corrected chi connectivity index (χ3v) is 3.13. The van der Waals surface area contributed by atoms with Gasteiger partial charge >= 0.3 is 0 Å². The zero-order valence-corrected chi connectivity index (χ0v) is 10.5. The first kappa shape index (κ1) is 12.8. The van der Waals surface area contributed by atoms with Crippen LogP contribution in [0.25, 0.3) is 0 Å². The predicted octanol–water partition coefficient (Wildman–Crippen LogP) is 1.45. The molecule has 0 aromatic heterocycles. The van der Waals surface area contributed by atoms with E-state index in [1.807, 2.05) is 0 Å². The van der Waals surface area contributed by atoms with Crippen LogP contribution >= 0.6 is 0 Å². The fourth-order valence-electron chi connectivity index (χ4n) is 1.95. The topological polar surface area (TPSA) is 55.6 Å². The average Bonchev–Trinajstić information content (AvgIpc) is 2.63. The van der Waals surface area contributed by atoms with Crippen molar-refractivity contribution in [3.8, 4) is 5.75 Å². The molecule has 2 rings (SSSR count). The lowest BCUT2D eigenvalue weighted by molar-refractivity contribution is -0.132. The molecule has 1 heterocycles. The Morgan fingerprint density at radius 1 is 1.56 bits per heavy atom. The molecule has 1 aromatic rings. The van der Waals surface area contributed by atoms with Crippen LogP contribution < -0.4 is 10.5 Å². The summed E-state index contributed by atoms with van der Waals surface area (Å²) in [4.78, 5) is 13.2. The van der Waals surface area contributed by atoms with Crippen molar-refractivity contribution in [1.82, 2.24) is 4.90 Å². The maximum Gasteiger partial charge on any atom is 0.263 e. The van der Waals surface area contributed by atoms with Gasteiger partial charge < -0.3 is 15.4 Å². The zero-order valence-electron chi connectivity index (χ0n) is 10.5. The number of hydrogen-bond donors (Lipinski definition) is 1. The number of benzene rings is 1. The molecule has 2 N–H and O–H groups in total. The van der Waals surface area contributed by atoms with Crippen LogP contribution in [0.3, 0.4) is 0 Å². The fraction of sp³-hybridized carbons (Fsp3) is 0.462. The van der Waals surface area contributed by atoms with E-state index in [2.05, 4.69) is 0 Å². The van der Waals surface area contributed by atoms with E-state index in [0.29, 0.717) is 18.5 Å². The highest BCUT2D eigenvalue weighted by molar-refractivity contribution is 5.83. The summed E-state index contributed by atoms with van der Waals surface area (Å²) < 4.78 is 19.2. The predicted molar refractivity (Wildman–Crippen MR) is 65.7 cm³/mol. The first-order valence-electron chi connectivity index (χ1n) is 5.95. The highest BCUT2D eigenvalue weighted by atomic mass is 19.1. The summed E-state index contributed by atoms with van der Waals surface area (Å²) in [6.45, 7) is 2.42. The van der Waals surface area contributed by atoms with Crippen molar-refractivity contribution < 1.29 is 13.9 Å². The highest BCUT2D eigenvalue weighted by Gasteiger charge is 2.31. The number of carbonyl (C=O) groups is 1. The van der Waals surface area contributed by atoms with E-state index in [-0.39, 0.29) is 17.7 Å². The van der Waals surface area contributed by atoms with Gasteiger partial charge in [0.25, 0.3) is 5.91 Å². The van der Waals surface area contributed by atoms with Gasteiger partial charge in [0.1, 0.15) is 0 Å². The van der Waals surface area contributed by atoms with Gasteiger partial charge in [0.05, 0.1) is 0 Å². The molecule has 1 aliphatic heterocycles. The third-order valence-electron chi connectivity index (χ3n) is 3.13. The number of hydrogen-bond acceptors (Lipinski definition) is 3. The molecule has 98 valence electrons. The molecule has 0 bridgehead atoms. The Hall–Kier alpha value is -1.62. The minimum atomic E-state index is -0.578. The van der Waals surface area contributed by atoms with E-state index >= 15 is 0 Å². The van der Waals surface area contributed by atoms with Gasteiger partial charge in [-0.05, 0) is 24.6 Å². The molecule has 1 amide bonds. The molecule has 1 unspecified atom stereocenters. The minimum Gasteiger partial charge on any atom is -0.477 e. The van der Waals surface area contributed by atoms with Crippen LogP contribution in [0.4, 0.5) is 4.39 Å². The highest BCUT2D eigenvalue weighted by Crippen LogP contribution is 2.24. The van der Waals surface area contributed by atoms with Gasteiger partial charge in [-0.2, -0.15) is 0 Å². The summed E-state index contributed by atoms with van der Waals surface area (Å²) in [6, 6.07) is 4.36. The Morgan fingerprint density at radius 2 is 2.28 bits per heavy atom. The number of likely N-dealkylation sites (tertiary alicyclic amines) is 1. The molecule has 18 heavy (non-hydrogen) atoms. The second kappa shape index (κ2) is 4.94. The van der Waals surface area contributed by atoms with Crippen molar-refractivity contribution in [3.05, 3.63) is 29.6 Å². The molecular formula is C13H17FN2O2. The van der Waals surface area contributed by atoms with Gasteiger partial charge in [0.2, 0.25) is 0 Å². The van der Waals surface area contributed by atoms with Gasteiger partial charge in [-0.1, -0.05) is 6.07 Å². The molecule has 1 saturated heterocycles. The van der Waals surface area contributed by atoms with E-state index in [0.717, 1.165) is 0 Å². The second-order valence-corrected chi connectivity index (χ2v) is 4.63. The van der Waals surface area contributed by atoms with Gasteiger partial charge in [-0.3, -0.25) is 4.79 Å². The molecule has 2 atom stereocenters. The van der Waals surface area contributed by atoms with Crippen LogP contribution in [0.15, 0.2) is 18.2 Å². The largest absolute Gasteiger partial charge is 0.477 e. The maximum atomic E-state index is 13.8. The van der Waals surface area contributed by atoms with Crippen molar-refractivity contribution in [3.63, 3.8) is 0 Å². The van der Waals surface area contributed by atoms with Crippen LogP contribution in [-0.4, -0.2) is 30.5 Å². The summed E-state index contributed by atoms with van der Waals surface area (Å²) in [5.41, 5.74) is 6.37. The second-order valence-electron chi connectivity index (χ2n) is 4.63. The molecule has 1 fully saturated rings. The van der Waals surface area contributed by atoms with Gasteiger partial charge in [-0.15, -0.1) is 0 Å². The minimum absolute atomic E-state index is 0.105. The number of nitrogens with zero attached hydrogens (tertiary/aromatic N) is 1. The van der Waals surface area contributed by atoms with Gasteiger partial charge in [0, 0.05) is 26.1 Å². The molecule has 1 aliphatic rings. The van der Waals surface area contributed by atoms with Gasteiger partial charge in [0.15, 0.2) is 17.7 Å². The quantitative estimate of drug-likeness (QED) is 0.886. The lowest BCUT2D eigenvalue weighted by Crippen LogP contribution is -2.29. The molecule has 1 aromatic carbocycles. The van der Waals surface area contributed by atoms with Crippen molar-refractivity contribution in [2.75, 3.05) is 13.6 Å². The lowest BCUT2D eigenvalue weighted by atomic mass is 10.1. The average molecular weight is 252 g/mol. The third kappa shape index (κ3) is 2.46. The smallest absolute Gasteiger partial charge is 0.263 e. The van der Waals surface area contributed by atoms with Crippen molar-refractivity contribution in [2.45, 2.75) is 25.5 Å². The van der Waals surface area contributed by atoms with Gasteiger partial charge in [-0.25, -0.2) is 4.39 Å². The summed E-state index contributed by atoms with van der Waals surface area (Å²) in [5.74, 6) is -0.481. The first-order chi connectivity index (χ1) is 8.49. The normalized spacial score (nSPS) is 21.2. The molecule has 0 radical (unpaired) electrons. The van der Waals surface area contributed by atoms with E-state index in [4.69, 9.17) is 10.5 Å². The Kier molecular flexibility index (Phi) is 3.52. The Labute approximate surface area is 106 Å². The van der Waals surface area contributed by atoms with E-state index in [9.17, 15) is 9.18 Å². The van der Waals surface area contributed by atoms with Crippen LogP contribution in [-0.2, 0) is 4.79 Å². The summed E-state index contributed by atoms with van der Waals surface area (Å²) in [6.07, 6.45) is 0.00902. The number of likely N-dealkylation sites (N-methyl/N-ethyl adjacent to an activating group) is 1. The Bertz CT molecular complexity index is 462. The number of amides is 1. The maximum absolute atomic E-state index is 13.8. The summed E-state index contributed by atoms with van der Waals surface area (Å²) in [5, 5.41) is 0. The van der Waals surface area contributed by atoms with Crippen LogP contribution in [0, 0.1) is 5.82 Å². The molecule has 5 heteroatoms. The molecular weight excluding hydrogens is 235 g/mol. The van der Waals surface area contributed by atoms with Crippen molar-refractivity contribution in [1.29, 1.82) is 0 Å². The van der Waals surface area contributed by atoms with Crippen LogP contribution in [0.2, 0.25) is 0 Å². The standard InChI is InChI=1S/C13H17FN2O2/c1-8(15)9-3-4-11(10(14)7-9)18-12-5-6-16(2)13(12)17/h3-4,7-8,12H,5-6,15H2,1-2H3/t8-,12?/m0/s1. The fourth-order valence-corrected chi connectivity index (χ4v) is 1.95. The lowest BCUT2D eigenvalue weighted by Gasteiger charge is -2.14. The number of rotatable bonds is 3. The zero-order chi connectivity index (χ0) is 13.3. The number of halogens is 1. The van der Waals surface area contributed by atoms with Crippen LogP contribution in [0.1, 0.15) is 24.9 Å². The van der Waals surface area contributed by atoms with Crippen molar-refractivity contribution in [2.24, 2.45) is 5.73 Å². The molecule has 0 saturated carbocycles. The molecule has 4 nitrogen and oxygen atoms in total. The number of nitrogens with two attached hydrogens (primary N) is 1. The molecule has 0 aliphatic carbocycles. The van der Waals surface area contributed by atoms with E-state index in [1.165, 1.54) is 12.1 Å². The monoisotopic (exact) mass is 252 g/mol. The van der Waals surface area contributed by atoms with Crippen molar-refractivity contribution >= 4 is 5.91 Å². The Morgan fingerprint density at radius 3 is 2.78 bits per heavy atom. The number of carbonyl (C=O) groups excluding carboxylic acids is 1. The number of ether oxygens (including phenoxy) is 1.